The number of hydrogen-bond donors (Lipinski definition) is 1. The monoisotopic (exact) mass is 503 g/mol. The van der Waals surface area contributed by atoms with E-state index in [1.807, 2.05) is 4.90 Å². The van der Waals surface area contributed by atoms with Crippen molar-refractivity contribution in [1.82, 2.24) is 14.3 Å². The molecule has 1 aromatic carbocycles. The lowest BCUT2D eigenvalue weighted by atomic mass is 10.1. The van der Waals surface area contributed by atoms with Crippen molar-refractivity contribution in [2.75, 3.05) is 42.7 Å². The fourth-order valence-electron chi connectivity index (χ4n) is 4.03. The standard InChI is InChI=1S/C21H25F4N5O3S/c1-34(31,32)30-9-6-16-17(12-30)28-21(20(27-16)26-11-19(24)25)29-7-4-14(5-8-29)33-18-3-2-13(22)10-15(18)23/h2-3,10,14,19H,4-9,11-12H2,1H3,(H,26,27). The molecule has 0 amide bonds. The predicted octanol–water partition coefficient (Wildman–Crippen LogP) is 2.80. The van der Waals surface area contributed by atoms with Crippen LogP contribution in [0.4, 0.5) is 29.2 Å². The minimum atomic E-state index is -3.41. The summed E-state index contributed by atoms with van der Waals surface area (Å²) in [6.07, 6.45) is -0.479. The highest BCUT2D eigenvalue weighted by atomic mass is 32.2. The highest BCUT2D eigenvalue weighted by Gasteiger charge is 2.30. The maximum Gasteiger partial charge on any atom is 0.255 e. The Morgan fingerprint density at radius 3 is 2.53 bits per heavy atom. The van der Waals surface area contributed by atoms with Gasteiger partial charge in [0.05, 0.1) is 30.7 Å². The molecule has 1 N–H and O–H groups in total. The highest BCUT2D eigenvalue weighted by molar-refractivity contribution is 7.88. The highest BCUT2D eigenvalue weighted by Crippen LogP contribution is 2.30. The molecule has 1 aromatic heterocycles. The maximum atomic E-state index is 13.9. The lowest BCUT2D eigenvalue weighted by Gasteiger charge is -2.35. The summed E-state index contributed by atoms with van der Waals surface area (Å²) in [7, 11) is -3.41. The number of benzene rings is 1. The van der Waals surface area contributed by atoms with Gasteiger partial charge in [0.15, 0.2) is 23.2 Å². The van der Waals surface area contributed by atoms with Crippen molar-refractivity contribution in [2.45, 2.75) is 38.3 Å². The Labute approximate surface area is 195 Å². The number of alkyl halides is 2. The summed E-state index contributed by atoms with van der Waals surface area (Å²) >= 11 is 0. The number of nitrogens with zero attached hydrogens (tertiary/aromatic N) is 4. The van der Waals surface area contributed by atoms with Gasteiger partial charge in [0.25, 0.3) is 6.43 Å². The minimum Gasteiger partial charge on any atom is -0.487 e. The molecule has 3 heterocycles. The molecule has 0 bridgehead atoms. The van der Waals surface area contributed by atoms with E-state index in [0.29, 0.717) is 49.6 Å². The van der Waals surface area contributed by atoms with Crippen molar-refractivity contribution in [2.24, 2.45) is 0 Å². The fourth-order valence-corrected chi connectivity index (χ4v) is 4.81. The van der Waals surface area contributed by atoms with E-state index in [9.17, 15) is 26.0 Å². The number of ether oxygens (including phenoxy) is 1. The molecule has 13 heteroatoms. The molecule has 1 fully saturated rings. The largest absolute Gasteiger partial charge is 0.487 e. The average Bonchev–Trinajstić information content (AvgIpc) is 2.78. The van der Waals surface area contributed by atoms with Crippen LogP contribution in [-0.4, -0.2) is 67.7 Å². The summed E-state index contributed by atoms with van der Waals surface area (Å²) in [5.74, 6) is -0.925. The quantitative estimate of drug-likeness (QED) is 0.582. The zero-order valence-corrected chi connectivity index (χ0v) is 19.3. The van der Waals surface area contributed by atoms with Crippen LogP contribution in [0.15, 0.2) is 18.2 Å². The van der Waals surface area contributed by atoms with Crippen molar-refractivity contribution in [1.29, 1.82) is 0 Å². The summed E-state index contributed by atoms with van der Waals surface area (Å²) in [5.41, 5.74) is 1.06. The Hall–Kier alpha value is -2.67. The predicted molar refractivity (Wildman–Crippen MR) is 118 cm³/mol. The summed E-state index contributed by atoms with van der Waals surface area (Å²) in [6.45, 7) is 0.573. The Balaban J connectivity index is 1.51. The number of aromatic nitrogens is 2. The first-order chi connectivity index (χ1) is 16.1. The van der Waals surface area contributed by atoms with Gasteiger partial charge in [-0.15, -0.1) is 0 Å². The first kappa shape index (κ1) is 24.5. The van der Waals surface area contributed by atoms with Gasteiger partial charge in [-0.3, -0.25) is 0 Å². The van der Waals surface area contributed by atoms with Crippen LogP contribution in [0.1, 0.15) is 24.2 Å². The van der Waals surface area contributed by atoms with Crippen molar-refractivity contribution >= 4 is 21.7 Å². The van der Waals surface area contributed by atoms with Gasteiger partial charge in [-0.1, -0.05) is 0 Å². The molecule has 186 valence electrons. The normalized spacial score (nSPS) is 17.6. The van der Waals surface area contributed by atoms with Gasteiger partial charge in [-0.25, -0.2) is 35.9 Å². The number of fused-ring (bicyclic) bond motifs is 1. The molecule has 4 rings (SSSR count). The van der Waals surface area contributed by atoms with Gasteiger partial charge < -0.3 is 15.0 Å². The van der Waals surface area contributed by atoms with E-state index in [-0.39, 0.29) is 30.8 Å². The number of hydrogen-bond acceptors (Lipinski definition) is 7. The van der Waals surface area contributed by atoms with Crippen molar-refractivity contribution in [3.63, 3.8) is 0 Å². The Morgan fingerprint density at radius 1 is 1.15 bits per heavy atom. The molecule has 34 heavy (non-hydrogen) atoms. The summed E-state index contributed by atoms with van der Waals surface area (Å²) in [5, 5.41) is 2.65. The third-order valence-corrected chi connectivity index (χ3v) is 7.03. The number of rotatable bonds is 7. The third-order valence-electron chi connectivity index (χ3n) is 5.78. The number of sulfonamides is 1. The molecule has 0 aliphatic carbocycles. The van der Waals surface area contributed by atoms with Crippen LogP contribution in [0.3, 0.4) is 0 Å². The molecular formula is C21H25F4N5O3S. The van der Waals surface area contributed by atoms with Gasteiger partial charge in [0.1, 0.15) is 11.9 Å². The van der Waals surface area contributed by atoms with E-state index in [2.05, 4.69) is 15.3 Å². The van der Waals surface area contributed by atoms with Crippen LogP contribution in [-0.2, 0) is 23.0 Å². The van der Waals surface area contributed by atoms with E-state index in [4.69, 9.17) is 4.74 Å². The Kier molecular flexibility index (Phi) is 7.12. The molecule has 0 unspecified atom stereocenters. The summed E-state index contributed by atoms with van der Waals surface area (Å²) < 4.78 is 83.7. The van der Waals surface area contributed by atoms with Gasteiger partial charge in [-0.2, -0.15) is 4.31 Å². The minimum absolute atomic E-state index is 0.0337. The molecule has 1 saturated heterocycles. The molecule has 0 atom stereocenters. The van der Waals surface area contributed by atoms with Crippen LogP contribution < -0.4 is 15.0 Å². The van der Waals surface area contributed by atoms with E-state index in [0.717, 1.165) is 18.4 Å². The van der Waals surface area contributed by atoms with Gasteiger partial charge in [0, 0.05) is 45.0 Å². The van der Waals surface area contributed by atoms with Gasteiger partial charge >= 0.3 is 0 Å². The molecule has 2 aliphatic heterocycles. The van der Waals surface area contributed by atoms with Gasteiger partial charge in [-0.05, 0) is 12.1 Å². The van der Waals surface area contributed by atoms with Crippen LogP contribution in [0, 0.1) is 11.6 Å². The van der Waals surface area contributed by atoms with E-state index in [1.165, 1.54) is 10.4 Å². The second-order valence-electron chi connectivity index (χ2n) is 8.29. The first-order valence-electron chi connectivity index (χ1n) is 10.8. The molecule has 8 nitrogen and oxygen atoms in total. The van der Waals surface area contributed by atoms with Crippen LogP contribution >= 0.6 is 0 Å². The first-order valence-corrected chi connectivity index (χ1v) is 12.7. The molecule has 2 aliphatic rings. The van der Waals surface area contributed by atoms with Crippen molar-refractivity contribution in [3.8, 4) is 5.75 Å². The Bertz CT molecular complexity index is 1140. The smallest absolute Gasteiger partial charge is 0.255 e. The van der Waals surface area contributed by atoms with Crippen molar-refractivity contribution in [3.05, 3.63) is 41.2 Å². The number of piperidine rings is 1. The zero-order valence-electron chi connectivity index (χ0n) is 18.5. The van der Waals surface area contributed by atoms with Crippen LogP contribution in [0.2, 0.25) is 0 Å². The number of halogens is 4. The lowest BCUT2D eigenvalue weighted by Crippen LogP contribution is -2.40. The van der Waals surface area contributed by atoms with Gasteiger partial charge in [0.2, 0.25) is 10.0 Å². The molecular weight excluding hydrogens is 478 g/mol. The second-order valence-corrected chi connectivity index (χ2v) is 10.3. The number of anilines is 2. The average molecular weight is 504 g/mol. The van der Waals surface area contributed by atoms with E-state index in [1.54, 1.807) is 0 Å². The lowest BCUT2D eigenvalue weighted by molar-refractivity contribution is 0.162. The molecule has 0 saturated carbocycles. The third kappa shape index (κ3) is 5.69. The molecule has 0 radical (unpaired) electrons. The fraction of sp³-hybridized carbons (Fsp3) is 0.524. The van der Waals surface area contributed by atoms with Crippen molar-refractivity contribution < 1.29 is 30.7 Å². The van der Waals surface area contributed by atoms with Crippen LogP contribution in [0.25, 0.3) is 0 Å². The van der Waals surface area contributed by atoms with Crippen LogP contribution in [0.5, 0.6) is 5.75 Å². The topological polar surface area (TPSA) is 87.7 Å². The van der Waals surface area contributed by atoms with E-state index < -0.39 is 34.6 Å². The number of nitrogens with one attached hydrogen (secondary N) is 1. The van der Waals surface area contributed by atoms with E-state index >= 15 is 0 Å². The maximum absolute atomic E-state index is 13.9. The summed E-state index contributed by atoms with van der Waals surface area (Å²) in [6, 6.07) is 3.12. The Morgan fingerprint density at radius 2 is 1.88 bits per heavy atom. The molecule has 0 spiro atoms. The SMILES string of the molecule is CS(=O)(=O)N1CCc2nc(NCC(F)F)c(N3CCC(Oc4ccc(F)cc4F)CC3)nc2C1. The summed E-state index contributed by atoms with van der Waals surface area (Å²) in [4.78, 5) is 11.0. The molecule has 2 aromatic rings. The second kappa shape index (κ2) is 9.90. The zero-order chi connectivity index (χ0) is 24.5.